The molecule has 0 bridgehead atoms. The quantitative estimate of drug-likeness (QED) is 0.801. The van der Waals surface area contributed by atoms with Crippen LogP contribution in [0.1, 0.15) is 12.5 Å². The molecule has 0 saturated carbocycles. The van der Waals surface area contributed by atoms with Gasteiger partial charge in [0.25, 0.3) is 5.91 Å². The van der Waals surface area contributed by atoms with Gasteiger partial charge in [0.1, 0.15) is 0 Å². The SMILES string of the molecule is CC(Oc1c(F)cc(CCN)cc1F)C(N)=O. The normalized spacial score (nSPS) is 12.2. The highest BCUT2D eigenvalue weighted by Gasteiger charge is 2.18. The van der Waals surface area contributed by atoms with Crippen LogP contribution in [0.15, 0.2) is 12.1 Å². The minimum Gasteiger partial charge on any atom is -0.475 e. The highest BCUT2D eigenvalue weighted by molar-refractivity contribution is 5.78. The molecule has 0 saturated heterocycles. The molecular weight excluding hydrogens is 230 g/mol. The lowest BCUT2D eigenvalue weighted by molar-refractivity contribution is -0.124. The second-order valence-electron chi connectivity index (χ2n) is 3.59. The maximum atomic E-state index is 13.5. The molecule has 1 atom stereocenters. The Morgan fingerprint density at radius 1 is 1.41 bits per heavy atom. The summed E-state index contributed by atoms with van der Waals surface area (Å²) in [6.07, 6.45) is -0.737. The fourth-order valence-electron chi connectivity index (χ4n) is 1.27. The van der Waals surface area contributed by atoms with E-state index < -0.39 is 29.4 Å². The Hall–Kier alpha value is -1.69. The molecular formula is C11H14F2N2O2. The fraction of sp³-hybridized carbons (Fsp3) is 0.364. The molecule has 1 aromatic rings. The van der Waals surface area contributed by atoms with Crippen LogP contribution in [0.2, 0.25) is 0 Å². The molecule has 0 aliphatic rings. The third-order valence-electron chi connectivity index (χ3n) is 2.19. The van der Waals surface area contributed by atoms with Gasteiger partial charge in [0.05, 0.1) is 0 Å². The van der Waals surface area contributed by atoms with Gasteiger partial charge in [0.15, 0.2) is 23.5 Å². The first-order chi connectivity index (χ1) is 7.95. The highest BCUT2D eigenvalue weighted by Crippen LogP contribution is 2.24. The lowest BCUT2D eigenvalue weighted by atomic mass is 10.1. The summed E-state index contributed by atoms with van der Waals surface area (Å²) >= 11 is 0. The molecule has 94 valence electrons. The molecule has 1 aromatic carbocycles. The summed E-state index contributed by atoms with van der Waals surface area (Å²) in [6.45, 7) is 1.60. The molecule has 0 spiro atoms. The van der Waals surface area contributed by atoms with Crippen molar-refractivity contribution in [2.45, 2.75) is 19.4 Å². The molecule has 0 aromatic heterocycles. The lowest BCUT2D eigenvalue weighted by Crippen LogP contribution is -2.31. The summed E-state index contributed by atoms with van der Waals surface area (Å²) in [4.78, 5) is 10.7. The predicted molar refractivity (Wildman–Crippen MR) is 58.4 cm³/mol. The molecule has 4 nitrogen and oxygen atoms in total. The zero-order valence-electron chi connectivity index (χ0n) is 9.37. The Bertz CT molecular complexity index is 401. The van der Waals surface area contributed by atoms with Crippen molar-refractivity contribution in [2.75, 3.05) is 6.54 Å². The molecule has 6 heteroatoms. The van der Waals surface area contributed by atoms with Gasteiger partial charge in [-0.3, -0.25) is 4.79 Å². The van der Waals surface area contributed by atoms with Gasteiger partial charge in [0, 0.05) is 0 Å². The fourth-order valence-corrected chi connectivity index (χ4v) is 1.27. The van der Waals surface area contributed by atoms with E-state index in [9.17, 15) is 13.6 Å². The maximum absolute atomic E-state index is 13.5. The van der Waals surface area contributed by atoms with Gasteiger partial charge in [0.2, 0.25) is 0 Å². The summed E-state index contributed by atoms with van der Waals surface area (Å²) < 4.78 is 31.8. The van der Waals surface area contributed by atoms with Crippen LogP contribution in [-0.4, -0.2) is 18.6 Å². The number of benzene rings is 1. The van der Waals surface area contributed by atoms with Crippen molar-refractivity contribution < 1.29 is 18.3 Å². The Kier molecular flexibility index (Phi) is 4.39. The molecule has 17 heavy (non-hydrogen) atoms. The topological polar surface area (TPSA) is 78.3 Å². The van der Waals surface area contributed by atoms with E-state index in [1.807, 2.05) is 0 Å². The number of hydrogen-bond donors (Lipinski definition) is 2. The van der Waals surface area contributed by atoms with Crippen LogP contribution in [0, 0.1) is 11.6 Å². The van der Waals surface area contributed by atoms with E-state index in [1.54, 1.807) is 0 Å². The lowest BCUT2D eigenvalue weighted by Gasteiger charge is -2.13. The number of carbonyl (C=O) groups is 1. The van der Waals surface area contributed by atoms with Crippen LogP contribution < -0.4 is 16.2 Å². The zero-order chi connectivity index (χ0) is 13.0. The third-order valence-corrected chi connectivity index (χ3v) is 2.19. The van der Waals surface area contributed by atoms with Gasteiger partial charge < -0.3 is 16.2 Å². The van der Waals surface area contributed by atoms with Crippen molar-refractivity contribution in [3.63, 3.8) is 0 Å². The van der Waals surface area contributed by atoms with E-state index in [0.717, 1.165) is 12.1 Å². The van der Waals surface area contributed by atoms with Crippen LogP contribution in [0.4, 0.5) is 8.78 Å². The largest absolute Gasteiger partial charge is 0.475 e. The second-order valence-corrected chi connectivity index (χ2v) is 3.59. The summed E-state index contributed by atoms with van der Waals surface area (Å²) in [7, 11) is 0. The Morgan fingerprint density at radius 2 is 1.94 bits per heavy atom. The van der Waals surface area contributed by atoms with E-state index in [1.165, 1.54) is 6.92 Å². The smallest absolute Gasteiger partial charge is 0.258 e. The second kappa shape index (κ2) is 5.58. The van der Waals surface area contributed by atoms with Gasteiger partial charge in [-0.05, 0) is 37.6 Å². The first kappa shape index (κ1) is 13.4. The summed E-state index contributed by atoms with van der Waals surface area (Å²) in [5.41, 5.74) is 10.7. The van der Waals surface area contributed by atoms with E-state index in [4.69, 9.17) is 16.2 Å². The summed E-state index contributed by atoms with van der Waals surface area (Å²) in [5.74, 6) is -3.14. The average molecular weight is 244 g/mol. The minimum atomic E-state index is -1.10. The van der Waals surface area contributed by atoms with Crippen molar-refractivity contribution in [3.8, 4) is 5.75 Å². The molecule has 1 amide bonds. The predicted octanol–water partition coefficient (Wildman–Crippen LogP) is 0.719. The molecule has 0 fully saturated rings. The van der Waals surface area contributed by atoms with Crippen molar-refractivity contribution in [2.24, 2.45) is 11.5 Å². The maximum Gasteiger partial charge on any atom is 0.258 e. The van der Waals surface area contributed by atoms with Gasteiger partial charge in [-0.1, -0.05) is 0 Å². The van der Waals surface area contributed by atoms with Crippen LogP contribution in [-0.2, 0) is 11.2 Å². The Labute approximate surface area is 97.5 Å². The van der Waals surface area contributed by atoms with E-state index in [2.05, 4.69) is 0 Å². The third kappa shape index (κ3) is 3.39. The zero-order valence-corrected chi connectivity index (χ0v) is 9.37. The van der Waals surface area contributed by atoms with E-state index in [-0.39, 0.29) is 6.54 Å². The standard InChI is InChI=1S/C11H14F2N2O2/c1-6(11(15)16)17-10-8(12)4-7(2-3-14)5-9(10)13/h4-6H,2-3,14H2,1H3,(H2,15,16). The van der Waals surface area contributed by atoms with Crippen molar-refractivity contribution in [3.05, 3.63) is 29.3 Å². The van der Waals surface area contributed by atoms with Gasteiger partial charge in [-0.2, -0.15) is 0 Å². The molecule has 0 radical (unpaired) electrons. The molecule has 1 rings (SSSR count). The molecule has 0 aliphatic heterocycles. The van der Waals surface area contributed by atoms with Crippen molar-refractivity contribution in [1.29, 1.82) is 0 Å². The van der Waals surface area contributed by atoms with Gasteiger partial charge in [-0.15, -0.1) is 0 Å². The van der Waals surface area contributed by atoms with E-state index in [0.29, 0.717) is 12.0 Å². The van der Waals surface area contributed by atoms with Gasteiger partial charge in [-0.25, -0.2) is 8.78 Å². The first-order valence-electron chi connectivity index (χ1n) is 5.09. The molecule has 0 heterocycles. The Balaban J connectivity index is 2.97. The van der Waals surface area contributed by atoms with E-state index >= 15 is 0 Å². The number of nitrogens with two attached hydrogens (primary N) is 2. The highest BCUT2D eigenvalue weighted by atomic mass is 19.1. The number of amides is 1. The van der Waals surface area contributed by atoms with Crippen LogP contribution in [0.25, 0.3) is 0 Å². The molecule has 1 unspecified atom stereocenters. The average Bonchev–Trinajstić information content (AvgIpc) is 2.23. The number of primary amides is 1. The monoisotopic (exact) mass is 244 g/mol. The summed E-state index contributed by atoms with van der Waals surface area (Å²) in [5, 5.41) is 0. The number of carbonyl (C=O) groups excluding carboxylic acids is 1. The van der Waals surface area contributed by atoms with Crippen LogP contribution in [0.3, 0.4) is 0 Å². The number of rotatable bonds is 5. The van der Waals surface area contributed by atoms with Crippen molar-refractivity contribution >= 4 is 5.91 Å². The molecule has 0 aliphatic carbocycles. The number of hydrogen-bond acceptors (Lipinski definition) is 3. The first-order valence-corrected chi connectivity index (χ1v) is 5.09. The minimum absolute atomic E-state index is 0.288. The number of ether oxygens (including phenoxy) is 1. The number of halogens is 2. The summed E-state index contributed by atoms with van der Waals surface area (Å²) in [6, 6.07) is 2.25. The van der Waals surface area contributed by atoms with Crippen LogP contribution >= 0.6 is 0 Å². The van der Waals surface area contributed by atoms with Crippen molar-refractivity contribution in [1.82, 2.24) is 0 Å². The molecule has 4 N–H and O–H groups in total. The van der Waals surface area contributed by atoms with Crippen LogP contribution in [0.5, 0.6) is 5.75 Å². The Morgan fingerprint density at radius 3 is 2.35 bits per heavy atom. The van der Waals surface area contributed by atoms with Gasteiger partial charge >= 0.3 is 0 Å².